The summed E-state index contributed by atoms with van der Waals surface area (Å²) in [5.74, 6) is 0.232. The zero-order chi connectivity index (χ0) is 12.2. The highest BCUT2D eigenvalue weighted by atomic mass is 16.5. The molecular weight excluding hydrogens is 200 g/mol. The summed E-state index contributed by atoms with van der Waals surface area (Å²) in [6, 6.07) is 0. The van der Waals surface area contributed by atoms with Crippen LogP contribution in [0.2, 0.25) is 0 Å². The second kappa shape index (κ2) is 5.70. The molecule has 0 spiro atoms. The van der Waals surface area contributed by atoms with Crippen LogP contribution in [0.25, 0.3) is 0 Å². The smallest absolute Gasteiger partial charge is 0.309 e. The van der Waals surface area contributed by atoms with Crippen molar-refractivity contribution in [2.24, 2.45) is 11.3 Å². The minimum atomic E-state index is 0.0407. The third-order valence-electron chi connectivity index (χ3n) is 3.31. The highest BCUT2D eigenvalue weighted by Gasteiger charge is 2.25. The number of rotatable bonds is 4. The molecule has 2 heteroatoms. The Hall–Kier alpha value is -0.530. The third-order valence-corrected chi connectivity index (χ3v) is 3.31. The number of carbonyl (C=O) groups excluding carboxylic acids is 1. The van der Waals surface area contributed by atoms with E-state index in [1.54, 1.807) is 0 Å². The van der Waals surface area contributed by atoms with E-state index in [4.69, 9.17) is 4.74 Å². The summed E-state index contributed by atoms with van der Waals surface area (Å²) in [5, 5.41) is 0. The van der Waals surface area contributed by atoms with Gasteiger partial charge in [0.1, 0.15) is 0 Å². The third kappa shape index (κ3) is 5.00. The summed E-state index contributed by atoms with van der Waals surface area (Å²) in [7, 11) is 0. The van der Waals surface area contributed by atoms with Crippen LogP contribution in [-0.2, 0) is 9.53 Å². The number of hydrogen-bond acceptors (Lipinski definition) is 2. The molecule has 1 aliphatic carbocycles. The lowest BCUT2D eigenvalue weighted by Gasteiger charge is -2.22. The number of esters is 1. The van der Waals surface area contributed by atoms with Gasteiger partial charge in [0.25, 0.3) is 0 Å². The summed E-state index contributed by atoms with van der Waals surface area (Å²) in [6.07, 6.45) is 6.60. The summed E-state index contributed by atoms with van der Waals surface area (Å²) >= 11 is 0. The quantitative estimate of drug-likeness (QED) is 0.679. The first-order chi connectivity index (χ1) is 7.38. The van der Waals surface area contributed by atoms with E-state index in [9.17, 15) is 4.79 Å². The van der Waals surface area contributed by atoms with E-state index in [0.717, 1.165) is 25.7 Å². The van der Waals surface area contributed by atoms with Gasteiger partial charge < -0.3 is 4.74 Å². The molecule has 0 aromatic heterocycles. The van der Waals surface area contributed by atoms with Gasteiger partial charge in [-0.15, -0.1) is 0 Å². The van der Waals surface area contributed by atoms with Crippen molar-refractivity contribution < 1.29 is 9.53 Å². The normalized spacial score (nSPS) is 19.8. The second-order valence-electron chi connectivity index (χ2n) is 6.33. The summed E-state index contributed by atoms with van der Waals surface area (Å²) in [5.41, 5.74) is 0.327. The lowest BCUT2D eigenvalue weighted by atomic mass is 9.89. The molecule has 1 aliphatic rings. The van der Waals surface area contributed by atoms with Crippen LogP contribution in [-0.4, -0.2) is 12.1 Å². The summed E-state index contributed by atoms with van der Waals surface area (Å²) in [6.45, 7) is 8.67. The maximum absolute atomic E-state index is 11.8. The molecule has 0 aliphatic heterocycles. The van der Waals surface area contributed by atoms with Gasteiger partial charge in [-0.05, 0) is 38.0 Å². The topological polar surface area (TPSA) is 26.3 Å². The Labute approximate surface area is 99.8 Å². The second-order valence-corrected chi connectivity index (χ2v) is 6.33. The van der Waals surface area contributed by atoms with Crippen LogP contribution >= 0.6 is 0 Å². The standard InChI is InChI=1S/C14H26O2/c1-11(9-10-14(2,3)4)16-13(15)12-7-5-6-8-12/h11-12H,5-10H2,1-4H3/t11-/m0/s1. The maximum atomic E-state index is 11.8. The molecule has 0 N–H and O–H groups in total. The van der Waals surface area contributed by atoms with Gasteiger partial charge in [0.2, 0.25) is 0 Å². The molecule has 0 amide bonds. The maximum Gasteiger partial charge on any atom is 0.309 e. The molecule has 16 heavy (non-hydrogen) atoms. The van der Waals surface area contributed by atoms with Crippen molar-refractivity contribution in [2.75, 3.05) is 0 Å². The average molecular weight is 226 g/mol. The van der Waals surface area contributed by atoms with Crippen LogP contribution in [0.3, 0.4) is 0 Å². The molecule has 1 rings (SSSR count). The Morgan fingerprint density at radius 3 is 2.38 bits per heavy atom. The fraction of sp³-hybridized carbons (Fsp3) is 0.929. The van der Waals surface area contributed by atoms with Crippen molar-refractivity contribution in [3.05, 3.63) is 0 Å². The molecule has 0 heterocycles. The Bertz CT molecular complexity index is 221. The largest absolute Gasteiger partial charge is 0.462 e. The SMILES string of the molecule is C[C@@H](CCC(C)(C)C)OC(=O)C1CCCC1. The van der Waals surface area contributed by atoms with Crippen LogP contribution in [0.1, 0.15) is 66.2 Å². The zero-order valence-electron chi connectivity index (χ0n) is 11.2. The van der Waals surface area contributed by atoms with Crippen LogP contribution in [0.5, 0.6) is 0 Å². The summed E-state index contributed by atoms with van der Waals surface area (Å²) in [4.78, 5) is 11.8. The predicted octanol–water partition coefficient (Wildman–Crippen LogP) is 3.93. The van der Waals surface area contributed by atoms with Gasteiger partial charge in [-0.1, -0.05) is 33.6 Å². The van der Waals surface area contributed by atoms with Crippen LogP contribution in [0.15, 0.2) is 0 Å². The minimum Gasteiger partial charge on any atom is -0.462 e. The van der Waals surface area contributed by atoms with Gasteiger partial charge in [0.05, 0.1) is 12.0 Å². The van der Waals surface area contributed by atoms with E-state index >= 15 is 0 Å². The van der Waals surface area contributed by atoms with Gasteiger partial charge in [0.15, 0.2) is 0 Å². The molecule has 0 radical (unpaired) electrons. The molecule has 2 nitrogen and oxygen atoms in total. The van der Waals surface area contributed by atoms with E-state index in [2.05, 4.69) is 20.8 Å². The van der Waals surface area contributed by atoms with Crippen LogP contribution in [0, 0.1) is 11.3 Å². The first-order valence-electron chi connectivity index (χ1n) is 6.59. The van der Waals surface area contributed by atoms with E-state index in [0.29, 0.717) is 5.41 Å². The van der Waals surface area contributed by atoms with E-state index < -0.39 is 0 Å². The predicted molar refractivity (Wildman–Crippen MR) is 66.2 cm³/mol. The lowest BCUT2D eigenvalue weighted by molar-refractivity contribution is -0.153. The first-order valence-corrected chi connectivity index (χ1v) is 6.59. The molecular formula is C14H26O2. The Balaban J connectivity index is 2.22. The van der Waals surface area contributed by atoms with Gasteiger partial charge in [-0.3, -0.25) is 4.79 Å². The van der Waals surface area contributed by atoms with Gasteiger partial charge >= 0.3 is 5.97 Å². The number of ether oxygens (including phenoxy) is 1. The zero-order valence-corrected chi connectivity index (χ0v) is 11.2. The molecule has 0 bridgehead atoms. The van der Waals surface area contributed by atoms with Crippen LogP contribution < -0.4 is 0 Å². The monoisotopic (exact) mass is 226 g/mol. The molecule has 0 saturated heterocycles. The van der Waals surface area contributed by atoms with Crippen molar-refractivity contribution in [1.29, 1.82) is 0 Å². The van der Waals surface area contributed by atoms with E-state index in [-0.39, 0.29) is 18.0 Å². The summed E-state index contributed by atoms with van der Waals surface area (Å²) < 4.78 is 5.49. The Morgan fingerprint density at radius 1 is 1.31 bits per heavy atom. The Morgan fingerprint density at radius 2 is 1.88 bits per heavy atom. The lowest BCUT2D eigenvalue weighted by Crippen LogP contribution is -2.22. The molecule has 0 aromatic carbocycles. The molecule has 0 aromatic rings. The minimum absolute atomic E-state index is 0.0407. The van der Waals surface area contributed by atoms with Crippen molar-refractivity contribution in [3.8, 4) is 0 Å². The van der Waals surface area contributed by atoms with Crippen molar-refractivity contribution in [3.63, 3.8) is 0 Å². The number of carbonyl (C=O) groups is 1. The van der Waals surface area contributed by atoms with Gasteiger partial charge in [-0.2, -0.15) is 0 Å². The van der Waals surface area contributed by atoms with Gasteiger partial charge in [-0.25, -0.2) is 0 Å². The van der Waals surface area contributed by atoms with Crippen molar-refractivity contribution in [2.45, 2.75) is 72.3 Å². The highest BCUT2D eigenvalue weighted by molar-refractivity contribution is 5.72. The molecule has 1 atom stereocenters. The number of hydrogen-bond donors (Lipinski definition) is 0. The van der Waals surface area contributed by atoms with Crippen molar-refractivity contribution in [1.82, 2.24) is 0 Å². The van der Waals surface area contributed by atoms with Crippen molar-refractivity contribution >= 4 is 5.97 Å². The fourth-order valence-electron chi connectivity index (χ4n) is 2.15. The Kier molecular flexibility index (Phi) is 4.82. The molecule has 94 valence electrons. The van der Waals surface area contributed by atoms with E-state index in [1.165, 1.54) is 12.8 Å². The van der Waals surface area contributed by atoms with Crippen LogP contribution in [0.4, 0.5) is 0 Å². The van der Waals surface area contributed by atoms with E-state index in [1.807, 2.05) is 6.92 Å². The highest BCUT2D eigenvalue weighted by Crippen LogP contribution is 2.27. The molecule has 1 fully saturated rings. The fourth-order valence-corrected chi connectivity index (χ4v) is 2.15. The first kappa shape index (κ1) is 13.5. The average Bonchev–Trinajstić information content (AvgIpc) is 2.66. The van der Waals surface area contributed by atoms with Gasteiger partial charge in [0, 0.05) is 0 Å². The molecule has 1 saturated carbocycles. The molecule has 0 unspecified atom stereocenters.